The standard InChI is InChI=1S/2C30H54O3S.Ba/c2*1-2-3-4-5-6-7-8-9-10-11-12-13-14-15-16-17-18-19-20-21-22-23-24-29-25-27-30(28-26-29)34(31,32)33;/h2*25-28H,2-24H2,1H3,(H,31,32,33);/q;;+2/p-2. The van der Waals surface area contributed by atoms with Crippen LogP contribution in [0.3, 0.4) is 0 Å². The zero-order valence-corrected chi connectivity index (χ0v) is 51.2. The van der Waals surface area contributed by atoms with Gasteiger partial charge < -0.3 is 9.11 Å². The largest absolute Gasteiger partial charge is 2.00 e. The minimum Gasteiger partial charge on any atom is -0.744 e. The maximum Gasteiger partial charge on any atom is 2.00 e. The van der Waals surface area contributed by atoms with Crippen molar-refractivity contribution in [1.29, 1.82) is 0 Å². The van der Waals surface area contributed by atoms with Crippen molar-refractivity contribution in [2.24, 2.45) is 0 Å². The van der Waals surface area contributed by atoms with Crippen molar-refractivity contribution in [3.8, 4) is 0 Å². The molecule has 0 unspecified atom stereocenters. The molecule has 0 aliphatic heterocycles. The van der Waals surface area contributed by atoms with Crippen LogP contribution in [0.4, 0.5) is 0 Å². The average molecular weight is 1120 g/mol. The van der Waals surface area contributed by atoms with Gasteiger partial charge in [0.1, 0.15) is 20.2 Å². The molecule has 0 aliphatic carbocycles. The van der Waals surface area contributed by atoms with Gasteiger partial charge in [-0.15, -0.1) is 0 Å². The quantitative estimate of drug-likeness (QED) is 0.0370. The first-order valence-electron chi connectivity index (χ1n) is 29.2. The topological polar surface area (TPSA) is 114 Å². The van der Waals surface area contributed by atoms with Crippen LogP contribution in [0.1, 0.15) is 307 Å². The molecule has 0 saturated carbocycles. The van der Waals surface area contributed by atoms with Gasteiger partial charge in [-0.1, -0.05) is 308 Å². The third-order valence-corrected chi connectivity index (χ3v) is 15.8. The van der Waals surface area contributed by atoms with E-state index < -0.39 is 20.2 Å². The van der Waals surface area contributed by atoms with Crippen molar-refractivity contribution < 1.29 is 25.9 Å². The molecule has 6 nitrogen and oxygen atoms in total. The molecule has 0 atom stereocenters. The first kappa shape index (κ1) is 68.8. The molecule has 396 valence electrons. The number of hydrogen-bond acceptors (Lipinski definition) is 6. The third-order valence-electron chi connectivity index (χ3n) is 14.1. The van der Waals surface area contributed by atoms with Gasteiger partial charge in [0.25, 0.3) is 0 Å². The summed E-state index contributed by atoms with van der Waals surface area (Å²) in [5.74, 6) is 0. The molecule has 0 fully saturated rings. The predicted octanol–water partition coefficient (Wildman–Crippen LogP) is 19.1. The van der Waals surface area contributed by atoms with Crippen LogP contribution in [0.25, 0.3) is 0 Å². The van der Waals surface area contributed by atoms with E-state index in [2.05, 4.69) is 13.8 Å². The second-order valence-corrected chi connectivity index (χ2v) is 23.3. The van der Waals surface area contributed by atoms with Crippen molar-refractivity contribution in [1.82, 2.24) is 0 Å². The minimum absolute atomic E-state index is 0. The van der Waals surface area contributed by atoms with Crippen LogP contribution in [0.15, 0.2) is 58.3 Å². The predicted molar refractivity (Wildman–Crippen MR) is 296 cm³/mol. The summed E-state index contributed by atoms with van der Waals surface area (Å²) < 4.78 is 65.7. The second-order valence-electron chi connectivity index (χ2n) is 20.5. The Labute approximate surface area is 469 Å². The molecule has 0 bridgehead atoms. The summed E-state index contributed by atoms with van der Waals surface area (Å²) >= 11 is 0. The van der Waals surface area contributed by atoms with Crippen molar-refractivity contribution in [3.63, 3.8) is 0 Å². The third kappa shape index (κ3) is 46.1. The Hall–Kier alpha value is -0.169. The SMILES string of the molecule is CCCCCCCCCCCCCCCCCCCCCCCCc1ccc(S(=O)(=O)[O-])cc1.CCCCCCCCCCCCCCCCCCCCCCCCc1ccc(S(=O)(=O)[O-])cc1.[Ba+2]. The van der Waals surface area contributed by atoms with Gasteiger partial charge in [-0.2, -0.15) is 0 Å². The molecular weight excluding hydrogens is 1020 g/mol. The monoisotopic (exact) mass is 1120 g/mol. The van der Waals surface area contributed by atoms with E-state index in [4.69, 9.17) is 0 Å². The second kappa shape index (κ2) is 50.0. The van der Waals surface area contributed by atoms with E-state index in [9.17, 15) is 25.9 Å². The molecule has 0 aliphatic rings. The fourth-order valence-electron chi connectivity index (χ4n) is 9.52. The van der Waals surface area contributed by atoms with Crippen LogP contribution < -0.4 is 0 Å². The van der Waals surface area contributed by atoms with Gasteiger partial charge in [0.15, 0.2) is 0 Å². The normalized spacial score (nSPS) is 11.7. The van der Waals surface area contributed by atoms with Crippen molar-refractivity contribution in [3.05, 3.63) is 59.7 Å². The van der Waals surface area contributed by atoms with Crippen LogP contribution in [-0.4, -0.2) is 74.8 Å². The Bertz CT molecular complexity index is 1460. The molecule has 0 amide bonds. The maximum atomic E-state index is 11.0. The molecule has 0 heterocycles. The van der Waals surface area contributed by atoms with E-state index in [1.54, 1.807) is 24.3 Å². The fraction of sp³-hybridized carbons (Fsp3) is 0.800. The van der Waals surface area contributed by atoms with Crippen LogP contribution in [0.5, 0.6) is 0 Å². The number of benzene rings is 2. The molecule has 0 spiro atoms. The summed E-state index contributed by atoms with van der Waals surface area (Å²) in [6.07, 6.45) is 63.2. The summed E-state index contributed by atoms with van der Waals surface area (Å²) in [5.41, 5.74) is 2.22. The van der Waals surface area contributed by atoms with E-state index in [0.717, 1.165) is 36.8 Å². The van der Waals surface area contributed by atoms with Gasteiger partial charge in [-0.05, 0) is 61.1 Å². The Balaban J connectivity index is 0.00000132. The molecule has 0 N–H and O–H groups in total. The maximum absolute atomic E-state index is 11.0. The van der Waals surface area contributed by atoms with Gasteiger partial charge in [-0.25, -0.2) is 16.8 Å². The Morgan fingerprint density at radius 3 is 0.551 bits per heavy atom. The number of unbranched alkanes of at least 4 members (excludes halogenated alkanes) is 42. The first-order chi connectivity index (χ1) is 33.1. The summed E-state index contributed by atoms with van der Waals surface area (Å²) in [6, 6.07) is 12.8. The van der Waals surface area contributed by atoms with Crippen molar-refractivity contribution in [2.45, 2.75) is 319 Å². The Morgan fingerprint density at radius 2 is 0.406 bits per heavy atom. The minimum atomic E-state index is -4.33. The van der Waals surface area contributed by atoms with E-state index in [-0.39, 0.29) is 58.7 Å². The molecule has 0 radical (unpaired) electrons. The first-order valence-corrected chi connectivity index (χ1v) is 32.0. The zero-order valence-electron chi connectivity index (χ0n) is 45.1. The fourth-order valence-corrected chi connectivity index (χ4v) is 10.5. The van der Waals surface area contributed by atoms with Gasteiger partial charge >= 0.3 is 48.9 Å². The van der Waals surface area contributed by atoms with E-state index in [1.165, 1.54) is 294 Å². The molecule has 69 heavy (non-hydrogen) atoms. The Morgan fingerprint density at radius 1 is 0.261 bits per heavy atom. The smallest absolute Gasteiger partial charge is 0.744 e. The number of rotatable bonds is 48. The van der Waals surface area contributed by atoms with Crippen LogP contribution in [0, 0.1) is 0 Å². The zero-order chi connectivity index (χ0) is 49.5. The summed E-state index contributed by atoms with van der Waals surface area (Å²) in [7, 11) is -8.65. The van der Waals surface area contributed by atoms with Crippen molar-refractivity contribution in [2.75, 3.05) is 0 Å². The van der Waals surface area contributed by atoms with Crippen LogP contribution >= 0.6 is 0 Å². The number of aryl methyl sites for hydroxylation is 2. The Kier molecular flexibility index (Phi) is 49.9. The molecule has 2 rings (SSSR count). The average Bonchev–Trinajstić information content (AvgIpc) is 3.32. The van der Waals surface area contributed by atoms with Crippen LogP contribution in [0.2, 0.25) is 0 Å². The number of hydrogen-bond donors (Lipinski definition) is 0. The molecular formula is C60H106BaO6S2. The molecule has 9 heteroatoms. The molecule has 0 aromatic heterocycles. The van der Waals surface area contributed by atoms with Gasteiger partial charge in [0, 0.05) is 0 Å². The van der Waals surface area contributed by atoms with Crippen LogP contribution in [-0.2, 0) is 33.1 Å². The van der Waals surface area contributed by atoms with E-state index in [0.29, 0.717) is 0 Å². The van der Waals surface area contributed by atoms with Gasteiger partial charge in [-0.3, -0.25) is 0 Å². The summed E-state index contributed by atoms with van der Waals surface area (Å²) in [4.78, 5) is -0.268. The molecule has 0 saturated heterocycles. The molecule has 2 aromatic carbocycles. The summed E-state index contributed by atoms with van der Waals surface area (Å²) in [5, 5.41) is 0. The van der Waals surface area contributed by atoms with Gasteiger partial charge in [0.05, 0.1) is 9.79 Å². The summed E-state index contributed by atoms with van der Waals surface area (Å²) in [6.45, 7) is 4.58. The van der Waals surface area contributed by atoms with E-state index >= 15 is 0 Å². The van der Waals surface area contributed by atoms with E-state index in [1.807, 2.05) is 0 Å². The molecule has 2 aromatic rings. The van der Waals surface area contributed by atoms with Crippen molar-refractivity contribution >= 4 is 69.1 Å². The van der Waals surface area contributed by atoms with Gasteiger partial charge in [0.2, 0.25) is 0 Å².